The number of nitriles is 1. The smallest absolute Gasteiger partial charge is 0.337 e. The standard InChI is InChI=1S/C26H19Cl2N3O5/c1-35-26(34)16-6-8-19(9-7-16)31-25(33)18(14-29)12-17-4-2-3-5-23(17)36-15-24(32)30-20-10-11-21(27)22(28)13-20/h2-13H,15H2,1H3,(H,30,32)(H,31,33)/b18-12-. The van der Waals surface area contributed by atoms with Crippen LogP contribution in [0.25, 0.3) is 6.08 Å². The van der Waals surface area contributed by atoms with Gasteiger partial charge in [-0.25, -0.2) is 4.79 Å². The van der Waals surface area contributed by atoms with Gasteiger partial charge in [-0.2, -0.15) is 5.26 Å². The van der Waals surface area contributed by atoms with E-state index in [1.807, 2.05) is 6.07 Å². The molecule has 0 unspecified atom stereocenters. The van der Waals surface area contributed by atoms with Crippen molar-refractivity contribution in [2.75, 3.05) is 24.4 Å². The average molecular weight is 524 g/mol. The Morgan fingerprint density at radius 3 is 2.31 bits per heavy atom. The van der Waals surface area contributed by atoms with Gasteiger partial charge < -0.3 is 20.1 Å². The highest BCUT2D eigenvalue weighted by atomic mass is 35.5. The Balaban J connectivity index is 1.68. The van der Waals surface area contributed by atoms with Crippen LogP contribution in [0.2, 0.25) is 10.0 Å². The Morgan fingerprint density at radius 2 is 1.64 bits per heavy atom. The molecular formula is C26H19Cl2N3O5. The molecule has 3 aromatic carbocycles. The van der Waals surface area contributed by atoms with Gasteiger partial charge in [0.15, 0.2) is 6.61 Å². The summed E-state index contributed by atoms with van der Waals surface area (Å²) >= 11 is 11.8. The number of rotatable bonds is 8. The number of halogens is 2. The van der Waals surface area contributed by atoms with Gasteiger partial charge in [-0.05, 0) is 54.6 Å². The van der Waals surface area contributed by atoms with Crippen molar-refractivity contribution in [1.82, 2.24) is 0 Å². The lowest BCUT2D eigenvalue weighted by molar-refractivity contribution is -0.118. The molecule has 2 amide bonds. The number of hydrogen-bond donors (Lipinski definition) is 2. The molecular weight excluding hydrogens is 505 g/mol. The van der Waals surface area contributed by atoms with Gasteiger partial charge in [0.25, 0.3) is 11.8 Å². The number of ether oxygens (including phenoxy) is 2. The molecule has 0 aliphatic rings. The van der Waals surface area contributed by atoms with E-state index in [4.69, 9.17) is 27.9 Å². The molecule has 0 aromatic heterocycles. The average Bonchev–Trinajstić information content (AvgIpc) is 2.88. The molecule has 0 atom stereocenters. The molecule has 0 saturated heterocycles. The summed E-state index contributed by atoms with van der Waals surface area (Å²) in [6, 6.07) is 19.2. The van der Waals surface area contributed by atoms with Crippen molar-refractivity contribution < 1.29 is 23.9 Å². The van der Waals surface area contributed by atoms with Crippen LogP contribution in [0.3, 0.4) is 0 Å². The lowest BCUT2D eigenvalue weighted by atomic mass is 10.1. The molecule has 0 heterocycles. The van der Waals surface area contributed by atoms with E-state index < -0.39 is 17.8 Å². The maximum Gasteiger partial charge on any atom is 0.337 e. The molecule has 8 nitrogen and oxygen atoms in total. The van der Waals surface area contributed by atoms with Gasteiger partial charge >= 0.3 is 5.97 Å². The Morgan fingerprint density at radius 1 is 0.944 bits per heavy atom. The number of hydrogen-bond acceptors (Lipinski definition) is 6. The van der Waals surface area contributed by atoms with Crippen molar-refractivity contribution in [2.24, 2.45) is 0 Å². The van der Waals surface area contributed by atoms with Crippen LogP contribution in [0.4, 0.5) is 11.4 Å². The molecule has 0 fully saturated rings. The Labute approximate surface area is 217 Å². The molecule has 0 radical (unpaired) electrons. The molecule has 0 bridgehead atoms. The Hall–Kier alpha value is -4.32. The summed E-state index contributed by atoms with van der Waals surface area (Å²) in [4.78, 5) is 36.5. The predicted octanol–water partition coefficient (Wildman–Crippen LogP) is 5.34. The van der Waals surface area contributed by atoms with Crippen LogP contribution in [-0.2, 0) is 14.3 Å². The van der Waals surface area contributed by atoms with Crippen LogP contribution in [0, 0.1) is 11.3 Å². The highest BCUT2D eigenvalue weighted by molar-refractivity contribution is 6.42. The van der Waals surface area contributed by atoms with Crippen LogP contribution in [-0.4, -0.2) is 31.5 Å². The molecule has 0 saturated carbocycles. The molecule has 0 aliphatic carbocycles. The number of anilines is 2. The van der Waals surface area contributed by atoms with Gasteiger partial charge in [0.2, 0.25) is 0 Å². The fraction of sp³-hybridized carbons (Fsp3) is 0.0769. The third kappa shape index (κ3) is 7.09. The summed E-state index contributed by atoms with van der Waals surface area (Å²) < 4.78 is 10.3. The van der Waals surface area contributed by atoms with E-state index in [1.165, 1.54) is 43.5 Å². The highest BCUT2D eigenvalue weighted by Crippen LogP contribution is 2.25. The molecule has 2 N–H and O–H groups in total. The maximum absolute atomic E-state index is 12.6. The minimum atomic E-state index is -0.657. The molecule has 3 aromatic rings. The zero-order valence-corrected chi connectivity index (χ0v) is 20.4. The minimum absolute atomic E-state index is 0.191. The maximum atomic E-state index is 12.6. The third-order valence-corrected chi connectivity index (χ3v) is 5.45. The second kappa shape index (κ2) is 12.4. The fourth-order valence-corrected chi connectivity index (χ4v) is 3.25. The summed E-state index contributed by atoms with van der Waals surface area (Å²) in [7, 11) is 1.27. The number of carbonyl (C=O) groups excluding carboxylic acids is 3. The first-order valence-corrected chi connectivity index (χ1v) is 11.1. The number of nitrogens with zero attached hydrogens (tertiary/aromatic N) is 1. The largest absolute Gasteiger partial charge is 0.483 e. The van der Waals surface area contributed by atoms with Crippen LogP contribution in [0.15, 0.2) is 72.3 Å². The van der Waals surface area contributed by atoms with E-state index in [0.29, 0.717) is 38.3 Å². The van der Waals surface area contributed by atoms with Gasteiger partial charge in [0.05, 0.1) is 22.7 Å². The van der Waals surface area contributed by atoms with Crippen LogP contribution in [0.1, 0.15) is 15.9 Å². The van der Waals surface area contributed by atoms with E-state index in [1.54, 1.807) is 36.4 Å². The Kier molecular flexibility index (Phi) is 9.06. The second-order valence-corrected chi connectivity index (χ2v) is 8.01. The summed E-state index contributed by atoms with van der Waals surface area (Å²) in [6.45, 7) is -0.328. The van der Waals surface area contributed by atoms with Gasteiger partial charge in [-0.3, -0.25) is 9.59 Å². The van der Waals surface area contributed by atoms with Crippen LogP contribution >= 0.6 is 23.2 Å². The third-order valence-electron chi connectivity index (χ3n) is 4.71. The van der Waals surface area contributed by atoms with Crippen molar-refractivity contribution in [2.45, 2.75) is 0 Å². The van der Waals surface area contributed by atoms with Crippen molar-refractivity contribution in [3.8, 4) is 11.8 Å². The topological polar surface area (TPSA) is 118 Å². The van der Waals surface area contributed by atoms with Gasteiger partial charge in [0, 0.05) is 16.9 Å². The molecule has 36 heavy (non-hydrogen) atoms. The number of esters is 1. The number of benzene rings is 3. The van der Waals surface area contributed by atoms with E-state index >= 15 is 0 Å². The van der Waals surface area contributed by atoms with Gasteiger partial charge in [-0.1, -0.05) is 41.4 Å². The van der Waals surface area contributed by atoms with E-state index in [-0.39, 0.29) is 12.2 Å². The van der Waals surface area contributed by atoms with E-state index in [2.05, 4.69) is 15.4 Å². The molecule has 0 spiro atoms. The monoisotopic (exact) mass is 523 g/mol. The number of nitrogens with one attached hydrogen (secondary N) is 2. The molecule has 182 valence electrons. The number of para-hydroxylation sites is 1. The van der Waals surface area contributed by atoms with E-state index in [0.717, 1.165) is 0 Å². The minimum Gasteiger partial charge on any atom is -0.483 e. The fourth-order valence-electron chi connectivity index (χ4n) is 2.96. The quantitative estimate of drug-likeness (QED) is 0.233. The van der Waals surface area contributed by atoms with Gasteiger partial charge in [-0.15, -0.1) is 0 Å². The predicted molar refractivity (Wildman–Crippen MR) is 137 cm³/mol. The lowest BCUT2D eigenvalue weighted by Crippen LogP contribution is -2.20. The molecule has 3 rings (SSSR count). The van der Waals surface area contributed by atoms with Crippen molar-refractivity contribution in [3.05, 3.63) is 93.5 Å². The molecule has 10 heteroatoms. The first-order valence-electron chi connectivity index (χ1n) is 10.4. The van der Waals surface area contributed by atoms with Crippen LogP contribution < -0.4 is 15.4 Å². The number of methoxy groups -OCH3 is 1. The number of carbonyl (C=O) groups is 3. The summed E-state index contributed by atoms with van der Waals surface area (Å²) in [5, 5.41) is 15.4. The normalized spacial score (nSPS) is 10.7. The lowest BCUT2D eigenvalue weighted by Gasteiger charge is -2.11. The van der Waals surface area contributed by atoms with Crippen LogP contribution in [0.5, 0.6) is 5.75 Å². The summed E-state index contributed by atoms with van der Waals surface area (Å²) in [5.41, 5.74) is 1.39. The summed E-state index contributed by atoms with van der Waals surface area (Å²) in [5.74, 6) is -1.31. The highest BCUT2D eigenvalue weighted by Gasteiger charge is 2.13. The SMILES string of the molecule is COC(=O)c1ccc(NC(=O)/C(C#N)=C\c2ccccc2OCC(=O)Nc2ccc(Cl)c(Cl)c2)cc1. The van der Waals surface area contributed by atoms with Crippen molar-refractivity contribution in [3.63, 3.8) is 0 Å². The first kappa shape index (κ1) is 26.3. The van der Waals surface area contributed by atoms with Crippen molar-refractivity contribution >= 4 is 58.4 Å². The van der Waals surface area contributed by atoms with Crippen molar-refractivity contribution in [1.29, 1.82) is 5.26 Å². The van der Waals surface area contributed by atoms with E-state index in [9.17, 15) is 19.6 Å². The zero-order valence-electron chi connectivity index (χ0n) is 18.9. The number of amides is 2. The first-order chi connectivity index (χ1) is 17.3. The van der Waals surface area contributed by atoms with Gasteiger partial charge in [0.1, 0.15) is 17.4 Å². The molecule has 0 aliphatic heterocycles. The second-order valence-electron chi connectivity index (χ2n) is 7.20. The zero-order chi connectivity index (χ0) is 26.1. The Bertz CT molecular complexity index is 1360. The summed E-state index contributed by atoms with van der Waals surface area (Å²) in [6.07, 6.45) is 1.35.